The number of aryl methyl sites for hydroxylation is 1. The molecular formula is C21H36O. The highest BCUT2D eigenvalue weighted by atomic mass is 16.5. The lowest BCUT2D eigenvalue weighted by atomic mass is 9.86. The highest BCUT2D eigenvalue weighted by Crippen LogP contribution is 2.23. The summed E-state index contributed by atoms with van der Waals surface area (Å²) < 4.78 is 5.73. The largest absolute Gasteiger partial charge is 0.381 e. The lowest BCUT2D eigenvalue weighted by Gasteiger charge is -2.19. The molecule has 126 valence electrons. The van der Waals surface area contributed by atoms with E-state index >= 15 is 0 Å². The van der Waals surface area contributed by atoms with Gasteiger partial charge < -0.3 is 4.74 Å². The Morgan fingerprint density at radius 1 is 0.864 bits per heavy atom. The molecule has 0 fully saturated rings. The number of rotatable bonds is 8. The van der Waals surface area contributed by atoms with Crippen molar-refractivity contribution in [1.82, 2.24) is 0 Å². The maximum absolute atomic E-state index is 5.73. The quantitative estimate of drug-likeness (QED) is 0.523. The monoisotopic (exact) mass is 304 g/mol. The maximum Gasteiger partial charge on any atom is 0.0471 e. The lowest BCUT2D eigenvalue weighted by Crippen LogP contribution is -2.11. The van der Waals surface area contributed by atoms with E-state index in [0.717, 1.165) is 19.6 Å². The van der Waals surface area contributed by atoms with E-state index in [1.165, 1.54) is 36.8 Å². The number of unbranched alkanes of at least 4 members (excludes halogenated alkanes) is 2. The minimum absolute atomic E-state index is 0.247. The van der Waals surface area contributed by atoms with Crippen LogP contribution < -0.4 is 0 Å². The van der Waals surface area contributed by atoms with Crippen LogP contribution in [-0.4, -0.2) is 13.2 Å². The highest BCUT2D eigenvalue weighted by molar-refractivity contribution is 5.28. The summed E-state index contributed by atoms with van der Waals surface area (Å²) in [7, 11) is 0. The maximum atomic E-state index is 5.73. The van der Waals surface area contributed by atoms with Crippen molar-refractivity contribution in [3.63, 3.8) is 0 Å². The molecule has 22 heavy (non-hydrogen) atoms. The minimum atomic E-state index is 0.247. The molecule has 0 amide bonds. The van der Waals surface area contributed by atoms with Crippen molar-refractivity contribution in [2.45, 2.75) is 79.1 Å². The molecule has 1 aromatic rings. The number of hydrogen-bond acceptors (Lipinski definition) is 1. The Labute approximate surface area is 138 Å². The molecule has 1 nitrogen and oxygen atoms in total. The average molecular weight is 305 g/mol. The molecule has 0 saturated carbocycles. The molecule has 0 bridgehead atoms. The van der Waals surface area contributed by atoms with Crippen molar-refractivity contribution >= 4 is 0 Å². The molecule has 1 aromatic carbocycles. The average Bonchev–Trinajstić information content (AvgIpc) is 2.40. The topological polar surface area (TPSA) is 9.23 Å². The zero-order valence-electron chi connectivity index (χ0n) is 15.7. The Bertz CT molecular complexity index is 420. The summed E-state index contributed by atoms with van der Waals surface area (Å²) in [5, 5.41) is 0. The number of benzene rings is 1. The minimum Gasteiger partial charge on any atom is -0.381 e. The van der Waals surface area contributed by atoms with Crippen LogP contribution in [0.5, 0.6) is 0 Å². The fourth-order valence-corrected chi connectivity index (χ4v) is 2.38. The first kappa shape index (κ1) is 19.2. The molecule has 0 spiro atoms. The van der Waals surface area contributed by atoms with Gasteiger partial charge in [-0.05, 0) is 47.6 Å². The predicted molar refractivity (Wildman–Crippen MR) is 97.6 cm³/mol. The lowest BCUT2D eigenvalue weighted by molar-refractivity contribution is 0.105. The van der Waals surface area contributed by atoms with Crippen molar-refractivity contribution in [1.29, 1.82) is 0 Å². The van der Waals surface area contributed by atoms with E-state index in [9.17, 15) is 0 Å². The normalized spacial score (nSPS) is 12.6. The molecule has 1 rings (SSSR count). The van der Waals surface area contributed by atoms with E-state index in [2.05, 4.69) is 65.8 Å². The summed E-state index contributed by atoms with van der Waals surface area (Å²) >= 11 is 0. The highest BCUT2D eigenvalue weighted by Gasteiger charge is 2.13. The van der Waals surface area contributed by atoms with Gasteiger partial charge in [0.15, 0.2) is 0 Å². The molecule has 0 heterocycles. The Balaban J connectivity index is 2.15. The zero-order chi connectivity index (χ0) is 16.6. The van der Waals surface area contributed by atoms with Crippen LogP contribution in [0.3, 0.4) is 0 Å². The summed E-state index contributed by atoms with van der Waals surface area (Å²) in [6, 6.07) is 9.08. The molecule has 1 heteroatoms. The van der Waals surface area contributed by atoms with E-state index < -0.39 is 0 Å². The molecule has 0 aromatic heterocycles. The molecule has 0 aliphatic rings. The van der Waals surface area contributed by atoms with Gasteiger partial charge in [-0.3, -0.25) is 0 Å². The number of ether oxygens (including phenoxy) is 1. The van der Waals surface area contributed by atoms with Crippen molar-refractivity contribution in [2.24, 2.45) is 5.41 Å². The predicted octanol–water partition coefficient (Wildman–Crippen LogP) is 6.15. The van der Waals surface area contributed by atoms with Crippen molar-refractivity contribution in [2.75, 3.05) is 13.2 Å². The summed E-state index contributed by atoms with van der Waals surface area (Å²) in [4.78, 5) is 0. The third-order valence-corrected chi connectivity index (χ3v) is 4.04. The molecule has 0 N–H and O–H groups in total. The second-order valence-electron chi connectivity index (χ2n) is 8.68. The molecule has 0 atom stereocenters. The zero-order valence-corrected chi connectivity index (χ0v) is 15.7. The molecule has 0 aliphatic heterocycles. The van der Waals surface area contributed by atoms with Crippen molar-refractivity contribution in [3.05, 3.63) is 35.4 Å². The summed E-state index contributed by atoms with van der Waals surface area (Å²) in [6.07, 6.45) is 6.03. The van der Waals surface area contributed by atoms with E-state index in [1.54, 1.807) is 0 Å². The summed E-state index contributed by atoms with van der Waals surface area (Å²) in [5.41, 5.74) is 3.55. The van der Waals surface area contributed by atoms with Gasteiger partial charge in [0.05, 0.1) is 0 Å². The number of hydrogen-bond donors (Lipinski definition) is 0. The van der Waals surface area contributed by atoms with E-state index in [0.29, 0.717) is 5.41 Å². The summed E-state index contributed by atoms with van der Waals surface area (Å²) in [5.74, 6) is 0. The van der Waals surface area contributed by atoms with Gasteiger partial charge in [-0.1, -0.05) is 72.2 Å². The third kappa shape index (κ3) is 8.58. The van der Waals surface area contributed by atoms with E-state index in [4.69, 9.17) is 4.74 Å². The van der Waals surface area contributed by atoms with E-state index in [1.807, 2.05) is 0 Å². The Morgan fingerprint density at radius 2 is 1.59 bits per heavy atom. The van der Waals surface area contributed by atoms with Gasteiger partial charge in [0.1, 0.15) is 0 Å². The van der Waals surface area contributed by atoms with E-state index in [-0.39, 0.29) is 5.41 Å². The van der Waals surface area contributed by atoms with Gasteiger partial charge in [0, 0.05) is 13.2 Å². The van der Waals surface area contributed by atoms with Gasteiger partial charge >= 0.3 is 0 Å². The van der Waals surface area contributed by atoms with Crippen LogP contribution in [0.25, 0.3) is 0 Å². The van der Waals surface area contributed by atoms with Gasteiger partial charge in [0.2, 0.25) is 0 Å². The fourth-order valence-electron chi connectivity index (χ4n) is 2.38. The summed E-state index contributed by atoms with van der Waals surface area (Å²) in [6.45, 7) is 15.4. The first-order valence-corrected chi connectivity index (χ1v) is 8.86. The molecule has 0 unspecified atom stereocenters. The van der Waals surface area contributed by atoms with Gasteiger partial charge in [-0.2, -0.15) is 0 Å². The second-order valence-corrected chi connectivity index (χ2v) is 8.68. The second kappa shape index (κ2) is 8.72. The van der Waals surface area contributed by atoms with Crippen LogP contribution in [-0.2, 0) is 16.6 Å². The van der Waals surface area contributed by atoms with Crippen molar-refractivity contribution in [3.8, 4) is 0 Å². The standard InChI is InChI=1S/C21H36O/c1-20(2,3)14-16-22-15-9-7-8-11-18-12-10-13-19(17-18)21(4,5)6/h10,12-13,17H,7-9,11,14-16H2,1-6H3. The molecule has 0 saturated heterocycles. The van der Waals surface area contributed by atoms with Gasteiger partial charge in [-0.15, -0.1) is 0 Å². The fraction of sp³-hybridized carbons (Fsp3) is 0.714. The Hall–Kier alpha value is -0.820. The van der Waals surface area contributed by atoms with Crippen LogP contribution in [0.1, 0.15) is 78.4 Å². The first-order chi connectivity index (χ1) is 10.2. The van der Waals surface area contributed by atoms with Gasteiger partial charge in [-0.25, -0.2) is 0 Å². The first-order valence-electron chi connectivity index (χ1n) is 8.86. The Kier molecular flexibility index (Phi) is 7.62. The SMILES string of the molecule is CC(C)(C)CCOCCCCCc1cccc(C(C)(C)C)c1. The van der Waals surface area contributed by atoms with Crippen LogP contribution in [0.2, 0.25) is 0 Å². The molecule has 0 radical (unpaired) electrons. The van der Waals surface area contributed by atoms with Gasteiger partial charge in [0.25, 0.3) is 0 Å². The van der Waals surface area contributed by atoms with Crippen molar-refractivity contribution < 1.29 is 4.74 Å². The molecular weight excluding hydrogens is 268 g/mol. The van der Waals surface area contributed by atoms with Crippen LogP contribution in [0.15, 0.2) is 24.3 Å². The van der Waals surface area contributed by atoms with Crippen LogP contribution in [0, 0.1) is 5.41 Å². The smallest absolute Gasteiger partial charge is 0.0471 e. The van der Waals surface area contributed by atoms with Crippen LogP contribution >= 0.6 is 0 Å². The van der Waals surface area contributed by atoms with Crippen LogP contribution in [0.4, 0.5) is 0 Å². The molecule has 0 aliphatic carbocycles. The third-order valence-electron chi connectivity index (χ3n) is 4.04. The Morgan fingerprint density at radius 3 is 2.23 bits per heavy atom.